The van der Waals surface area contributed by atoms with Crippen molar-refractivity contribution >= 4 is 30.6 Å². The number of ether oxygens (including phenoxy) is 1. The van der Waals surface area contributed by atoms with Gasteiger partial charge in [0.25, 0.3) is 11.4 Å². The third kappa shape index (κ3) is 4.60. The van der Waals surface area contributed by atoms with Crippen molar-refractivity contribution < 1.29 is 19.4 Å². The Morgan fingerprint density at radius 2 is 1.46 bits per heavy atom. The van der Waals surface area contributed by atoms with Crippen LogP contribution >= 0.6 is 0 Å². The lowest BCUT2D eigenvalue weighted by atomic mass is 10.1. The minimum Gasteiger partial charge on any atom is -0.459 e. The van der Waals surface area contributed by atoms with Gasteiger partial charge in [-0.05, 0) is 12.5 Å². The largest absolute Gasteiger partial charge is 0.459 e. The van der Waals surface area contributed by atoms with Crippen LogP contribution in [0.5, 0.6) is 0 Å². The van der Waals surface area contributed by atoms with E-state index in [0.717, 1.165) is 18.2 Å². The average Bonchev–Trinajstić information content (AvgIpc) is 2.67. The number of hydrogen-bond acceptors (Lipinski definition) is 6. The molecule has 0 unspecified atom stereocenters. The third-order valence-electron chi connectivity index (χ3n) is 5.21. The summed E-state index contributed by atoms with van der Waals surface area (Å²) in [6.45, 7) is 8.13. The summed E-state index contributed by atoms with van der Waals surface area (Å²) in [6.07, 6.45) is -0.465. The summed E-state index contributed by atoms with van der Waals surface area (Å²) in [5.74, 6) is -0.816. The zero-order valence-corrected chi connectivity index (χ0v) is 17.1. The number of rotatable bonds is 7. The van der Waals surface area contributed by atoms with Crippen LogP contribution in [-0.2, 0) is 4.74 Å². The van der Waals surface area contributed by atoms with Gasteiger partial charge in [-0.3, -0.25) is 20.2 Å². The maximum atomic E-state index is 12.5. The van der Waals surface area contributed by atoms with Gasteiger partial charge in [0.05, 0.1) is 35.7 Å². The Morgan fingerprint density at radius 1 is 0.964 bits per heavy atom. The Kier molecular flexibility index (Phi) is 6.29. The van der Waals surface area contributed by atoms with Crippen LogP contribution in [0, 0.1) is 20.2 Å². The Labute approximate surface area is 163 Å². The molecule has 0 aliphatic carbocycles. The van der Waals surface area contributed by atoms with Crippen molar-refractivity contribution in [2.45, 2.75) is 38.6 Å². The maximum absolute atomic E-state index is 12.5. The van der Waals surface area contributed by atoms with Crippen LogP contribution in [0.4, 0.5) is 11.4 Å². The molecule has 8 nitrogen and oxygen atoms in total. The molecule has 2 aromatic carbocycles. The first-order valence-electron chi connectivity index (χ1n) is 8.74. The number of benzene rings is 2. The van der Waals surface area contributed by atoms with Gasteiger partial charge in [-0.2, -0.15) is 0 Å². The SMILES string of the molecule is C[C@H]([C@@H](C)OC(=O)c1cc([N+](=O)[O-])cc([N+](=O)[O-])c1)[Si](C)(C)c1ccccc1. The second-order valence-corrected chi connectivity index (χ2v) is 12.2. The van der Waals surface area contributed by atoms with Crippen LogP contribution in [0.1, 0.15) is 24.2 Å². The summed E-state index contributed by atoms with van der Waals surface area (Å²) in [7, 11) is -1.96. The van der Waals surface area contributed by atoms with Gasteiger partial charge in [0.1, 0.15) is 0 Å². The molecule has 0 bridgehead atoms. The van der Waals surface area contributed by atoms with Gasteiger partial charge < -0.3 is 4.74 Å². The van der Waals surface area contributed by atoms with Crippen LogP contribution in [-0.4, -0.2) is 30.0 Å². The topological polar surface area (TPSA) is 113 Å². The normalized spacial score (nSPS) is 13.4. The molecule has 0 heterocycles. The highest BCUT2D eigenvalue weighted by Gasteiger charge is 2.36. The lowest BCUT2D eigenvalue weighted by Crippen LogP contribution is -2.49. The van der Waals surface area contributed by atoms with Gasteiger partial charge in [-0.25, -0.2) is 4.79 Å². The molecule has 0 aliphatic heterocycles. The monoisotopic (exact) mass is 402 g/mol. The fourth-order valence-electron chi connectivity index (χ4n) is 2.98. The molecule has 0 spiro atoms. The molecule has 0 aromatic heterocycles. The van der Waals surface area contributed by atoms with E-state index in [1.807, 2.05) is 25.1 Å². The fraction of sp³-hybridized carbons (Fsp3) is 0.316. The van der Waals surface area contributed by atoms with Crippen molar-refractivity contribution in [3.05, 3.63) is 74.3 Å². The number of esters is 1. The first-order valence-corrected chi connectivity index (χ1v) is 11.8. The van der Waals surface area contributed by atoms with Crippen molar-refractivity contribution in [2.75, 3.05) is 0 Å². The molecule has 28 heavy (non-hydrogen) atoms. The highest BCUT2D eigenvalue weighted by molar-refractivity contribution is 6.91. The number of carbonyl (C=O) groups excluding carboxylic acids is 1. The van der Waals surface area contributed by atoms with Gasteiger partial charge in [0, 0.05) is 12.1 Å². The second-order valence-electron chi connectivity index (χ2n) is 7.24. The molecule has 9 heteroatoms. The molecule has 148 valence electrons. The van der Waals surface area contributed by atoms with Gasteiger partial charge in [-0.1, -0.05) is 55.5 Å². The summed E-state index contributed by atoms with van der Waals surface area (Å²) in [6, 6.07) is 12.8. The van der Waals surface area contributed by atoms with Crippen molar-refractivity contribution in [1.29, 1.82) is 0 Å². The van der Waals surface area contributed by atoms with Crippen molar-refractivity contribution in [3.63, 3.8) is 0 Å². The van der Waals surface area contributed by atoms with Crippen molar-refractivity contribution in [3.8, 4) is 0 Å². The summed E-state index contributed by atoms with van der Waals surface area (Å²) >= 11 is 0. The molecule has 2 rings (SSSR count). The predicted molar refractivity (Wildman–Crippen MR) is 108 cm³/mol. The number of nitrogens with zero attached hydrogens (tertiary/aromatic N) is 2. The lowest BCUT2D eigenvalue weighted by Gasteiger charge is -2.34. The summed E-state index contributed by atoms with van der Waals surface area (Å²) in [4.78, 5) is 33.0. The van der Waals surface area contributed by atoms with E-state index in [4.69, 9.17) is 4.74 Å². The molecule has 0 aliphatic rings. The Morgan fingerprint density at radius 3 is 1.93 bits per heavy atom. The molecule has 0 N–H and O–H groups in total. The van der Waals surface area contributed by atoms with Gasteiger partial charge >= 0.3 is 5.97 Å². The van der Waals surface area contributed by atoms with E-state index in [1.54, 1.807) is 6.92 Å². The smallest absolute Gasteiger partial charge is 0.338 e. The number of non-ortho nitro benzene ring substituents is 2. The first-order chi connectivity index (χ1) is 13.0. The highest BCUT2D eigenvalue weighted by atomic mass is 28.3. The van der Waals surface area contributed by atoms with E-state index in [9.17, 15) is 25.0 Å². The molecule has 0 saturated heterocycles. The van der Waals surface area contributed by atoms with Gasteiger partial charge in [0.15, 0.2) is 0 Å². The molecule has 0 saturated carbocycles. The quantitative estimate of drug-likeness (QED) is 0.299. The maximum Gasteiger partial charge on any atom is 0.338 e. The van der Waals surface area contributed by atoms with E-state index in [2.05, 4.69) is 25.2 Å². The standard InChI is InChI=1S/C19H22N2O6Si/c1-13(14(2)28(3,4)18-8-6-5-7-9-18)27-19(22)15-10-16(20(23)24)12-17(11-15)21(25)26/h5-14H,1-4H3/t13-,14-/m1/s1. The number of nitro groups is 2. The predicted octanol–water partition coefficient (Wildman–Crippen LogP) is 4.05. The van der Waals surface area contributed by atoms with E-state index in [0.29, 0.717) is 0 Å². The summed E-state index contributed by atoms with van der Waals surface area (Å²) in [5, 5.41) is 23.2. The molecule has 0 fully saturated rings. The minimum atomic E-state index is -1.96. The molecule has 0 amide bonds. The Bertz CT molecular complexity index is 868. The average molecular weight is 402 g/mol. The highest BCUT2D eigenvalue weighted by Crippen LogP contribution is 2.29. The number of nitro benzene ring substituents is 2. The fourth-order valence-corrected chi connectivity index (χ4v) is 5.80. The summed E-state index contributed by atoms with van der Waals surface area (Å²) in [5.41, 5.74) is -1.21. The van der Waals surface area contributed by atoms with Crippen LogP contribution in [0.25, 0.3) is 0 Å². The minimum absolute atomic E-state index is 0.0486. The molecule has 2 aromatic rings. The first kappa shape index (κ1) is 21.2. The van der Waals surface area contributed by atoms with Crippen LogP contribution in [0.3, 0.4) is 0 Å². The second kappa shape index (κ2) is 8.30. The van der Waals surface area contributed by atoms with Crippen molar-refractivity contribution in [2.24, 2.45) is 0 Å². The molecule has 2 atom stereocenters. The third-order valence-corrected chi connectivity index (χ3v) is 9.78. The number of hydrogen-bond donors (Lipinski definition) is 0. The lowest BCUT2D eigenvalue weighted by molar-refractivity contribution is -0.394. The van der Waals surface area contributed by atoms with Gasteiger partial charge in [0.2, 0.25) is 0 Å². The molecule has 0 radical (unpaired) electrons. The van der Waals surface area contributed by atoms with Crippen LogP contribution in [0.2, 0.25) is 18.6 Å². The van der Waals surface area contributed by atoms with Crippen LogP contribution in [0.15, 0.2) is 48.5 Å². The molecular formula is C19H22N2O6Si. The molecular weight excluding hydrogens is 380 g/mol. The van der Waals surface area contributed by atoms with Crippen LogP contribution < -0.4 is 5.19 Å². The zero-order valence-electron chi connectivity index (χ0n) is 16.1. The van der Waals surface area contributed by atoms with E-state index < -0.39 is 41.4 Å². The summed E-state index contributed by atoms with van der Waals surface area (Å²) < 4.78 is 5.53. The number of carbonyl (C=O) groups is 1. The Balaban J connectivity index is 2.24. The zero-order chi connectivity index (χ0) is 21.1. The van der Waals surface area contributed by atoms with E-state index >= 15 is 0 Å². The Hall–Kier alpha value is -3.07. The van der Waals surface area contributed by atoms with E-state index in [1.165, 1.54) is 5.19 Å². The van der Waals surface area contributed by atoms with Crippen molar-refractivity contribution in [1.82, 2.24) is 0 Å². The van der Waals surface area contributed by atoms with Gasteiger partial charge in [-0.15, -0.1) is 0 Å². The van der Waals surface area contributed by atoms with E-state index in [-0.39, 0.29) is 11.1 Å².